The van der Waals surface area contributed by atoms with Gasteiger partial charge in [0.25, 0.3) is 0 Å². The van der Waals surface area contributed by atoms with Gasteiger partial charge < -0.3 is 15.2 Å². The Bertz CT molecular complexity index is 333. The molecular weight excluding hydrogens is 308 g/mol. The van der Waals surface area contributed by atoms with E-state index in [1.54, 1.807) is 5.32 Å². The van der Waals surface area contributed by atoms with Crippen molar-refractivity contribution in [3.63, 3.8) is 0 Å². The third-order valence-corrected chi connectivity index (χ3v) is 2.25. The molecule has 0 rings (SSSR count). The van der Waals surface area contributed by atoms with Crippen molar-refractivity contribution in [3.8, 4) is 0 Å². The number of nitrogens with one attached hydrogen (secondary N) is 1. The third kappa shape index (κ3) is 7.98. The Morgan fingerprint density at radius 3 is 1.81 bits per heavy atom. The van der Waals surface area contributed by atoms with Crippen molar-refractivity contribution >= 4 is 6.09 Å². The molecule has 0 aliphatic heterocycles. The summed E-state index contributed by atoms with van der Waals surface area (Å²) >= 11 is 0. The molecule has 0 aliphatic carbocycles. The lowest BCUT2D eigenvalue weighted by Crippen LogP contribution is -2.46. The molecule has 1 unspecified atom stereocenters. The number of amides is 1. The van der Waals surface area contributed by atoms with E-state index in [4.69, 9.17) is 9.84 Å². The Kier molecular flexibility index (Phi) is 6.33. The summed E-state index contributed by atoms with van der Waals surface area (Å²) in [5.41, 5.74) is -0.975. The molecule has 0 saturated heterocycles. The van der Waals surface area contributed by atoms with Gasteiger partial charge in [0.1, 0.15) is 5.60 Å². The van der Waals surface area contributed by atoms with Gasteiger partial charge in [-0.2, -0.15) is 26.3 Å². The first-order chi connectivity index (χ1) is 9.16. The van der Waals surface area contributed by atoms with Crippen LogP contribution in [0.3, 0.4) is 0 Å². The summed E-state index contributed by atoms with van der Waals surface area (Å²) in [5, 5.41) is 10.6. The minimum atomic E-state index is -5.53. The Morgan fingerprint density at radius 2 is 1.52 bits per heavy atom. The molecule has 1 amide bonds. The second-order valence-corrected chi connectivity index (χ2v) is 5.40. The minimum absolute atomic E-state index is 0.975. The van der Waals surface area contributed by atoms with E-state index in [9.17, 15) is 31.1 Å². The highest BCUT2D eigenvalue weighted by Crippen LogP contribution is 2.41. The number of alkyl halides is 6. The second-order valence-electron chi connectivity index (χ2n) is 5.40. The molecule has 0 radical (unpaired) electrons. The summed E-state index contributed by atoms with van der Waals surface area (Å²) in [6, 6.07) is -1.73. The summed E-state index contributed by atoms with van der Waals surface area (Å²) in [7, 11) is 0. The van der Waals surface area contributed by atoms with Gasteiger partial charge in [-0.3, -0.25) is 0 Å². The SMILES string of the molecule is CC(C)(C)OC(=O)NC(CO)CC(C(F)(F)F)C(F)(F)F. The van der Waals surface area contributed by atoms with Gasteiger partial charge in [0.05, 0.1) is 12.6 Å². The van der Waals surface area contributed by atoms with E-state index in [-0.39, 0.29) is 0 Å². The normalized spacial score (nSPS) is 15.0. The minimum Gasteiger partial charge on any atom is -0.444 e. The molecule has 0 spiro atoms. The van der Waals surface area contributed by atoms with Crippen molar-refractivity contribution in [2.75, 3.05) is 6.61 Å². The molecule has 10 heteroatoms. The van der Waals surface area contributed by atoms with Crippen molar-refractivity contribution < 1.29 is 41.0 Å². The molecule has 0 fully saturated rings. The van der Waals surface area contributed by atoms with Gasteiger partial charge in [0, 0.05) is 0 Å². The monoisotopic (exact) mass is 325 g/mol. The summed E-state index contributed by atoms with van der Waals surface area (Å²) in [5.74, 6) is -3.64. The predicted molar refractivity (Wildman–Crippen MR) is 60.5 cm³/mol. The second kappa shape index (κ2) is 6.71. The summed E-state index contributed by atoms with van der Waals surface area (Å²) in [6.07, 6.45) is -13.8. The molecule has 0 heterocycles. The average Bonchev–Trinajstić information content (AvgIpc) is 2.17. The molecule has 126 valence electrons. The summed E-state index contributed by atoms with van der Waals surface area (Å²) < 4.78 is 79.0. The van der Waals surface area contributed by atoms with Crippen molar-refractivity contribution in [3.05, 3.63) is 0 Å². The van der Waals surface area contributed by atoms with E-state index in [1.165, 1.54) is 20.8 Å². The lowest BCUT2D eigenvalue weighted by atomic mass is 9.99. The maximum absolute atomic E-state index is 12.4. The zero-order chi connectivity index (χ0) is 17.1. The largest absolute Gasteiger partial charge is 0.444 e. The lowest BCUT2D eigenvalue weighted by molar-refractivity contribution is -0.287. The Hall–Kier alpha value is -1.19. The van der Waals surface area contributed by atoms with Gasteiger partial charge in [-0.15, -0.1) is 0 Å². The van der Waals surface area contributed by atoms with Crippen LogP contribution in [0.4, 0.5) is 31.1 Å². The zero-order valence-corrected chi connectivity index (χ0v) is 11.6. The first kappa shape index (κ1) is 19.8. The molecule has 1 atom stereocenters. The number of hydrogen-bond acceptors (Lipinski definition) is 3. The highest BCUT2D eigenvalue weighted by molar-refractivity contribution is 5.68. The summed E-state index contributed by atoms with van der Waals surface area (Å²) in [4.78, 5) is 11.3. The van der Waals surface area contributed by atoms with Crippen molar-refractivity contribution in [1.29, 1.82) is 0 Å². The number of carbonyl (C=O) groups is 1. The smallest absolute Gasteiger partial charge is 0.407 e. The number of hydrogen-bond donors (Lipinski definition) is 2. The zero-order valence-electron chi connectivity index (χ0n) is 11.6. The Balaban J connectivity index is 4.85. The van der Waals surface area contributed by atoms with E-state index in [0.717, 1.165) is 0 Å². The number of alkyl carbamates (subject to hydrolysis) is 1. The van der Waals surface area contributed by atoms with Gasteiger partial charge in [-0.1, -0.05) is 0 Å². The molecular formula is C11H17F6NO3. The molecule has 0 saturated carbocycles. The van der Waals surface area contributed by atoms with E-state index in [0.29, 0.717) is 0 Å². The van der Waals surface area contributed by atoms with E-state index < -0.39 is 49.0 Å². The standard InChI is InChI=1S/C11H17F6NO3/c1-9(2,3)21-8(20)18-6(5-19)4-7(10(12,13)14)11(15,16)17/h6-7,19H,4-5H2,1-3H3,(H,18,20). The molecule has 0 bridgehead atoms. The number of aliphatic hydroxyl groups excluding tert-OH is 1. The van der Waals surface area contributed by atoms with Crippen LogP contribution in [0.25, 0.3) is 0 Å². The van der Waals surface area contributed by atoms with Crippen LogP contribution < -0.4 is 5.32 Å². The number of rotatable bonds is 4. The highest BCUT2D eigenvalue weighted by atomic mass is 19.4. The molecule has 0 aromatic carbocycles. The fraction of sp³-hybridized carbons (Fsp3) is 0.909. The highest BCUT2D eigenvalue weighted by Gasteiger charge is 2.57. The molecule has 21 heavy (non-hydrogen) atoms. The third-order valence-electron chi connectivity index (χ3n) is 2.25. The lowest BCUT2D eigenvalue weighted by Gasteiger charge is -2.27. The van der Waals surface area contributed by atoms with E-state index >= 15 is 0 Å². The Labute approximate surface area is 117 Å². The van der Waals surface area contributed by atoms with Crippen molar-refractivity contribution in [1.82, 2.24) is 5.32 Å². The first-order valence-electron chi connectivity index (χ1n) is 5.90. The van der Waals surface area contributed by atoms with Crippen LogP contribution in [0.15, 0.2) is 0 Å². The quantitative estimate of drug-likeness (QED) is 0.781. The average molecular weight is 325 g/mol. The molecule has 0 aliphatic rings. The number of ether oxygens (including phenoxy) is 1. The van der Waals surface area contributed by atoms with E-state index in [2.05, 4.69) is 0 Å². The van der Waals surface area contributed by atoms with Gasteiger partial charge in [-0.05, 0) is 27.2 Å². The maximum Gasteiger partial charge on any atom is 0.407 e. The Morgan fingerprint density at radius 1 is 1.10 bits per heavy atom. The van der Waals surface area contributed by atoms with Crippen LogP contribution in [0.1, 0.15) is 27.2 Å². The van der Waals surface area contributed by atoms with E-state index in [1.807, 2.05) is 0 Å². The molecule has 2 N–H and O–H groups in total. The van der Waals surface area contributed by atoms with Crippen LogP contribution in [0, 0.1) is 5.92 Å². The summed E-state index contributed by atoms with van der Waals surface area (Å²) in [6.45, 7) is 3.32. The predicted octanol–water partition coefficient (Wildman–Crippen LogP) is 3.00. The first-order valence-corrected chi connectivity index (χ1v) is 5.90. The topological polar surface area (TPSA) is 58.6 Å². The molecule has 0 aromatic heterocycles. The molecule has 4 nitrogen and oxygen atoms in total. The molecule has 0 aromatic rings. The van der Waals surface area contributed by atoms with Gasteiger partial charge in [-0.25, -0.2) is 4.79 Å². The fourth-order valence-electron chi connectivity index (χ4n) is 1.39. The van der Waals surface area contributed by atoms with Crippen LogP contribution in [0.2, 0.25) is 0 Å². The van der Waals surface area contributed by atoms with Gasteiger partial charge in [0.2, 0.25) is 0 Å². The fourth-order valence-corrected chi connectivity index (χ4v) is 1.39. The van der Waals surface area contributed by atoms with Gasteiger partial charge in [0.15, 0.2) is 5.92 Å². The maximum atomic E-state index is 12.4. The van der Waals surface area contributed by atoms with Crippen molar-refractivity contribution in [2.24, 2.45) is 5.92 Å². The van der Waals surface area contributed by atoms with Crippen LogP contribution in [0.5, 0.6) is 0 Å². The van der Waals surface area contributed by atoms with Crippen molar-refractivity contribution in [2.45, 2.75) is 51.2 Å². The van der Waals surface area contributed by atoms with Gasteiger partial charge >= 0.3 is 18.4 Å². The van der Waals surface area contributed by atoms with Crippen LogP contribution in [-0.2, 0) is 4.74 Å². The number of aliphatic hydroxyl groups is 1. The van der Waals surface area contributed by atoms with Crippen LogP contribution in [-0.4, -0.2) is 41.8 Å². The van der Waals surface area contributed by atoms with Crippen LogP contribution >= 0.6 is 0 Å². The number of halogens is 6. The number of carbonyl (C=O) groups excluding carboxylic acids is 1.